The third-order valence-electron chi connectivity index (χ3n) is 2.65. The standard InChI is InChI=1S/C14H20O6/c1-4-19-10-7-6-9(8-11(10)20-5-2)12(15)13(16)14(17)18-3/h6-8,12-13,15-16H,4-5H2,1-3H3. The van der Waals surface area contributed by atoms with Crippen molar-refractivity contribution in [3.05, 3.63) is 23.8 Å². The molecule has 0 aliphatic rings. The fourth-order valence-electron chi connectivity index (χ4n) is 1.68. The number of benzene rings is 1. The van der Waals surface area contributed by atoms with Crippen LogP contribution in [0.2, 0.25) is 0 Å². The molecule has 6 heteroatoms. The van der Waals surface area contributed by atoms with Gasteiger partial charge in [0.25, 0.3) is 0 Å². The Morgan fingerprint density at radius 2 is 1.75 bits per heavy atom. The molecular weight excluding hydrogens is 264 g/mol. The highest BCUT2D eigenvalue weighted by molar-refractivity contribution is 5.75. The molecule has 0 amide bonds. The molecule has 1 aromatic rings. The molecule has 0 heterocycles. The van der Waals surface area contributed by atoms with Crippen molar-refractivity contribution < 1.29 is 29.2 Å². The monoisotopic (exact) mass is 284 g/mol. The lowest BCUT2D eigenvalue weighted by Gasteiger charge is -2.18. The van der Waals surface area contributed by atoms with Crippen molar-refractivity contribution >= 4 is 5.97 Å². The number of aliphatic hydroxyl groups excluding tert-OH is 2. The Morgan fingerprint density at radius 1 is 1.15 bits per heavy atom. The minimum atomic E-state index is -1.65. The van der Waals surface area contributed by atoms with Crippen molar-refractivity contribution in [2.24, 2.45) is 0 Å². The maximum Gasteiger partial charge on any atom is 0.337 e. The van der Waals surface area contributed by atoms with Gasteiger partial charge in [-0.2, -0.15) is 0 Å². The zero-order valence-electron chi connectivity index (χ0n) is 11.8. The molecule has 2 atom stereocenters. The molecule has 2 N–H and O–H groups in total. The fourth-order valence-corrected chi connectivity index (χ4v) is 1.68. The van der Waals surface area contributed by atoms with Crippen molar-refractivity contribution in [3.8, 4) is 11.5 Å². The summed E-state index contributed by atoms with van der Waals surface area (Å²) in [6, 6.07) is 4.71. The Hall–Kier alpha value is -1.79. The third-order valence-corrected chi connectivity index (χ3v) is 2.65. The van der Waals surface area contributed by atoms with Gasteiger partial charge in [0.05, 0.1) is 20.3 Å². The SMILES string of the molecule is CCOc1ccc(C(O)C(O)C(=O)OC)cc1OCC. The maximum atomic E-state index is 11.2. The summed E-state index contributed by atoms with van der Waals surface area (Å²) < 4.78 is 15.2. The number of rotatable bonds is 7. The lowest BCUT2D eigenvalue weighted by molar-refractivity contribution is -0.156. The van der Waals surface area contributed by atoms with E-state index in [0.717, 1.165) is 7.11 Å². The van der Waals surface area contributed by atoms with E-state index in [1.54, 1.807) is 12.1 Å². The van der Waals surface area contributed by atoms with Gasteiger partial charge in [0.1, 0.15) is 6.10 Å². The summed E-state index contributed by atoms with van der Waals surface area (Å²) in [5.74, 6) is 0.0881. The fraction of sp³-hybridized carbons (Fsp3) is 0.500. The lowest BCUT2D eigenvalue weighted by Crippen LogP contribution is -2.29. The summed E-state index contributed by atoms with van der Waals surface area (Å²) in [5.41, 5.74) is 0.342. The molecular formula is C14H20O6. The zero-order chi connectivity index (χ0) is 15.1. The summed E-state index contributed by atoms with van der Waals surface area (Å²) in [7, 11) is 1.14. The Morgan fingerprint density at radius 3 is 2.30 bits per heavy atom. The van der Waals surface area contributed by atoms with Crippen molar-refractivity contribution in [1.29, 1.82) is 0 Å². The predicted molar refractivity (Wildman–Crippen MR) is 71.8 cm³/mol. The molecule has 112 valence electrons. The van der Waals surface area contributed by atoms with Gasteiger partial charge in [-0.3, -0.25) is 0 Å². The Labute approximate surface area is 117 Å². The molecule has 0 bridgehead atoms. The second-order valence-electron chi connectivity index (χ2n) is 3.99. The highest BCUT2D eigenvalue weighted by Crippen LogP contribution is 2.31. The molecule has 0 radical (unpaired) electrons. The van der Waals surface area contributed by atoms with E-state index in [2.05, 4.69) is 4.74 Å². The number of carbonyl (C=O) groups is 1. The summed E-state index contributed by atoms with van der Waals surface area (Å²) >= 11 is 0. The first-order valence-corrected chi connectivity index (χ1v) is 6.38. The molecule has 0 aromatic heterocycles. The van der Waals surface area contributed by atoms with Crippen LogP contribution in [-0.2, 0) is 9.53 Å². The quantitative estimate of drug-likeness (QED) is 0.728. The third kappa shape index (κ3) is 3.85. The van der Waals surface area contributed by atoms with Gasteiger partial charge >= 0.3 is 5.97 Å². The molecule has 0 fully saturated rings. The maximum absolute atomic E-state index is 11.2. The van der Waals surface area contributed by atoms with Gasteiger partial charge in [-0.1, -0.05) is 6.07 Å². The molecule has 0 aliphatic carbocycles. The second-order valence-corrected chi connectivity index (χ2v) is 3.99. The summed E-state index contributed by atoms with van der Waals surface area (Å²) in [5, 5.41) is 19.6. The highest BCUT2D eigenvalue weighted by Gasteiger charge is 2.27. The summed E-state index contributed by atoms with van der Waals surface area (Å²) in [6.45, 7) is 4.58. The average molecular weight is 284 g/mol. The second kappa shape index (κ2) is 7.72. The van der Waals surface area contributed by atoms with E-state index in [1.165, 1.54) is 6.07 Å². The number of methoxy groups -OCH3 is 1. The van der Waals surface area contributed by atoms with Crippen LogP contribution < -0.4 is 9.47 Å². The first-order valence-electron chi connectivity index (χ1n) is 6.38. The smallest absolute Gasteiger partial charge is 0.337 e. The molecule has 20 heavy (non-hydrogen) atoms. The van der Waals surface area contributed by atoms with E-state index in [1.807, 2.05) is 13.8 Å². The van der Waals surface area contributed by atoms with Gasteiger partial charge in [0, 0.05) is 0 Å². The minimum absolute atomic E-state index is 0.342. The van der Waals surface area contributed by atoms with Crippen LogP contribution in [-0.4, -0.2) is 42.6 Å². The van der Waals surface area contributed by atoms with E-state index in [0.29, 0.717) is 30.3 Å². The van der Waals surface area contributed by atoms with E-state index in [4.69, 9.17) is 9.47 Å². The van der Waals surface area contributed by atoms with Crippen molar-refractivity contribution in [3.63, 3.8) is 0 Å². The van der Waals surface area contributed by atoms with Crippen molar-refractivity contribution in [2.75, 3.05) is 20.3 Å². The molecule has 1 rings (SSSR count). The van der Waals surface area contributed by atoms with Crippen LogP contribution in [0.25, 0.3) is 0 Å². The molecule has 1 aromatic carbocycles. The number of esters is 1. The van der Waals surface area contributed by atoms with Gasteiger partial charge in [-0.25, -0.2) is 4.79 Å². The topological polar surface area (TPSA) is 85.2 Å². The Bertz CT molecular complexity index is 445. The van der Waals surface area contributed by atoms with Crippen molar-refractivity contribution in [1.82, 2.24) is 0 Å². The van der Waals surface area contributed by atoms with Gasteiger partial charge in [0.2, 0.25) is 0 Å². The molecule has 0 aliphatic heterocycles. The van der Waals surface area contributed by atoms with Gasteiger partial charge in [-0.05, 0) is 31.5 Å². The first kappa shape index (κ1) is 16.3. The molecule has 0 saturated heterocycles. The highest BCUT2D eigenvalue weighted by atomic mass is 16.5. The Kier molecular flexibility index (Phi) is 6.27. The minimum Gasteiger partial charge on any atom is -0.490 e. The number of aliphatic hydroxyl groups is 2. The van der Waals surface area contributed by atoms with Crippen LogP contribution in [0.4, 0.5) is 0 Å². The normalized spacial score (nSPS) is 13.4. The van der Waals surface area contributed by atoms with Gasteiger partial charge in [-0.15, -0.1) is 0 Å². The van der Waals surface area contributed by atoms with Gasteiger partial charge in [0.15, 0.2) is 17.6 Å². The average Bonchev–Trinajstić information content (AvgIpc) is 2.47. The number of hydrogen-bond donors (Lipinski definition) is 2. The molecule has 0 saturated carbocycles. The van der Waals surface area contributed by atoms with E-state index >= 15 is 0 Å². The van der Waals surface area contributed by atoms with Crippen LogP contribution in [0, 0.1) is 0 Å². The van der Waals surface area contributed by atoms with Crippen LogP contribution in [0.3, 0.4) is 0 Å². The van der Waals surface area contributed by atoms with E-state index in [-0.39, 0.29) is 0 Å². The molecule has 0 spiro atoms. The number of ether oxygens (including phenoxy) is 3. The predicted octanol–water partition coefficient (Wildman–Crippen LogP) is 1.05. The first-order chi connectivity index (χ1) is 9.54. The van der Waals surface area contributed by atoms with Crippen LogP contribution in [0.1, 0.15) is 25.5 Å². The van der Waals surface area contributed by atoms with Crippen molar-refractivity contribution in [2.45, 2.75) is 26.1 Å². The number of hydrogen-bond acceptors (Lipinski definition) is 6. The van der Waals surface area contributed by atoms with E-state index < -0.39 is 18.2 Å². The Balaban J connectivity index is 3.01. The van der Waals surface area contributed by atoms with Crippen LogP contribution in [0.15, 0.2) is 18.2 Å². The summed E-state index contributed by atoms with van der Waals surface area (Å²) in [4.78, 5) is 11.2. The molecule has 2 unspecified atom stereocenters. The number of carbonyl (C=O) groups excluding carboxylic acids is 1. The largest absolute Gasteiger partial charge is 0.490 e. The summed E-state index contributed by atoms with van der Waals surface area (Å²) in [6.07, 6.45) is -3.04. The molecule has 6 nitrogen and oxygen atoms in total. The lowest BCUT2D eigenvalue weighted by atomic mass is 10.0. The van der Waals surface area contributed by atoms with E-state index in [9.17, 15) is 15.0 Å². The zero-order valence-corrected chi connectivity index (χ0v) is 11.8. The van der Waals surface area contributed by atoms with Gasteiger partial charge < -0.3 is 24.4 Å². The van der Waals surface area contributed by atoms with Crippen LogP contribution in [0.5, 0.6) is 11.5 Å². The van der Waals surface area contributed by atoms with Crippen LogP contribution >= 0.6 is 0 Å².